The third-order valence-corrected chi connectivity index (χ3v) is 7.05. The highest BCUT2D eigenvalue weighted by molar-refractivity contribution is 7.89. The number of piperidine rings is 1. The number of carboxylic acids is 1. The van der Waals surface area contributed by atoms with E-state index in [1.165, 1.54) is 23.5 Å². The van der Waals surface area contributed by atoms with Gasteiger partial charge in [0.05, 0.1) is 12.0 Å². The van der Waals surface area contributed by atoms with Crippen LogP contribution in [0.2, 0.25) is 0 Å². The lowest BCUT2D eigenvalue weighted by Gasteiger charge is -2.29. The Morgan fingerprint density at radius 2 is 1.93 bits per heavy atom. The van der Waals surface area contributed by atoms with Crippen molar-refractivity contribution in [2.24, 2.45) is 0 Å². The molecule has 0 saturated carbocycles. The smallest absolute Gasteiger partial charge is 0.339 e. The third-order valence-electron chi connectivity index (χ3n) is 5.15. The van der Waals surface area contributed by atoms with E-state index in [9.17, 15) is 18.3 Å². The summed E-state index contributed by atoms with van der Waals surface area (Å²) in [5.74, 6) is -0.458. The molecule has 0 radical (unpaired) electrons. The number of methoxy groups -OCH3 is 1. The number of ether oxygens (including phenoxy) is 1. The van der Waals surface area contributed by atoms with Gasteiger partial charge in [-0.3, -0.25) is 0 Å². The van der Waals surface area contributed by atoms with E-state index >= 15 is 0 Å². The average Bonchev–Trinajstić information content (AvgIpc) is 3.17. The van der Waals surface area contributed by atoms with E-state index in [1.54, 1.807) is 0 Å². The minimum atomic E-state index is -3.81. The van der Waals surface area contributed by atoms with Gasteiger partial charge in [-0.25, -0.2) is 18.2 Å². The van der Waals surface area contributed by atoms with Gasteiger partial charge in [0.2, 0.25) is 10.0 Å². The first kappa shape index (κ1) is 19.4. The maximum Gasteiger partial charge on any atom is 0.339 e. The highest BCUT2D eigenvalue weighted by Crippen LogP contribution is 2.33. The first-order chi connectivity index (χ1) is 13.9. The summed E-state index contributed by atoms with van der Waals surface area (Å²) in [6, 6.07) is 11.4. The maximum absolute atomic E-state index is 13.0. The van der Waals surface area contributed by atoms with Gasteiger partial charge in [-0.2, -0.15) is 4.31 Å². The number of fused-ring (bicyclic) bond motifs is 1. The molecule has 152 valence electrons. The van der Waals surface area contributed by atoms with Crippen LogP contribution in [0.1, 0.15) is 35.0 Å². The van der Waals surface area contributed by atoms with Gasteiger partial charge < -0.3 is 14.3 Å². The molecule has 0 spiro atoms. The van der Waals surface area contributed by atoms with Crippen LogP contribution in [0.15, 0.2) is 51.8 Å². The Balaban J connectivity index is 1.53. The topological polar surface area (TPSA) is 110 Å². The summed E-state index contributed by atoms with van der Waals surface area (Å²) in [6.45, 7) is 0.611. The zero-order valence-corrected chi connectivity index (χ0v) is 16.6. The number of benzene rings is 2. The SMILES string of the molecule is COc1ccc(S(=O)(=O)N2CCC(c3nc4ccccc4o3)CC2)cc1C(=O)O. The van der Waals surface area contributed by atoms with Gasteiger partial charge in [0.25, 0.3) is 0 Å². The van der Waals surface area contributed by atoms with E-state index in [4.69, 9.17) is 9.15 Å². The van der Waals surface area contributed by atoms with Gasteiger partial charge in [0.15, 0.2) is 11.5 Å². The van der Waals surface area contributed by atoms with Crippen molar-refractivity contribution in [3.8, 4) is 5.75 Å². The Morgan fingerprint density at radius 1 is 1.21 bits per heavy atom. The summed E-state index contributed by atoms with van der Waals surface area (Å²) in [7, 11) is -2.47. The van der Waals surface area contributed by atoms with Gasteiger partial charge in [-0.15, -0.1) is 0 Å². The van der Waals surface area contributed by atoms with Crippen molar-refractivity contribution >= 4 is 27.1 Å². The van der Waals surface area contributed by atoms with Gasteiger partial charge in [-0.1, -0.05) is 12.1 Å². The number of aromatic carboxylic acids is 1. The standard InChI is InChI=1S/C20H20N2O6S/c1-27-17-7-6-14(12-15(17)20(23)24)29(25,26)22-10-8-13(9-11-22)19-21-16-4-2-3-5-18(16)28-19/h2-7,12-13H,8-11H2,1H3,(H,23,24). The van der Waals surface area contributed by atoms with Crippen LogP contribution in [-0.4, -0.2) is 49.0 Å². The fraction of sp³-hybridized carbons (Fsp3) is 0.300. The third kappa shape index (κ3) is 3.58. The first-order valence-corrected chi connectivity index (χ1v) is 10.6. The number of rotatable bonds is 5. The van der Waals surface area contributed by atoms with Crippen molar-refractivity contribution in [2.45, 2.75) is 23.7 Å². The fourth-order valence-corrected chi connectivity index (χ4v) is 5.07. The number of sulfonamides is 1. The van der Waals surface area contributed by atoms with Crippen LogP contribution in [0.4, 0.5) is 0 Å². The maximum atomic E-state index is 13.0. The molecule has 29 heavy (non-hydrogen) atoms. The van der Waals surface area contributed by atoms with Gasteiger partial charge in [0.1, 0.15) is 16.8 Å². The summed E-state index contributed by atoms with van der Waals surface area (Å²) in [5.41, 5.74) is 1.32. The monoisotopic (exact) mass is 416 g/mol. The Hall–Kier alpha value is -2.91. The van der Waals surface area contributed by atoms with Crippen LogP contribution in [0.25, 0.3) is 11.1 Å². The minimum Gasteiger partial charge on any atom is -0.496 e. The summed E-state index contributed by atoms with van der Waals surface area (Å²) in [4.78, 5) is 15.9. The molecule has 9 heteroatoms. The molecule has 0 aliphatic carbocycles. The number of hydrogen-bond donors (Lipinski definition) is 1. The molecule has 2 aromatic carbocycles. The highest BCUT2D eigenvalue weighted by Gasteiger charge is 2.32. The van der Waals surface area contributed by atoms with Crippen LogP contribution in [-0.2, 0) is 10.0 Å². The molecule has 1 N–H and O–H groups in total. The van der Waals surface area contributed by atoms with Crippen molar-refractivity contribution in [2.75, 3.05) is 20.2 Å². The molecular weight excluding hydrogens is 396 g/mol. The molecule has 0 bridgehead atoms. The van der Waals surface area contributed by atoms with E-state index in [0.29, 0.717) is 31.8 Å². The van der Waals surface area contributed by atoms with Gasteiger partial charge in [-0.05, 0) is 43.2 Å². The van der Waals surface area contributed by atoms with Crippen LogP contribution >= 0.6 is 0 Å². The molecule has 3 aromatic rings. The Labute approximate surface area is 167 Å². The Kier molecular flexibility index (Phi) is 5.01. The predicted octanol–water partition coefficient (Wildman–Crippen LogP) is 3.10. The molecule has 1 aromatic heterocycles. The fourth-order valence-electron chi connectivity index (χ4n) is 3.57. The van der Waals surface area contributed by atoms with Crippen LogP contribution in [0.5, 0.6) is 5.75 Å². The lowest BCUT2D eigenvalue weighted by molar-refractivity contribution is 0.0693. The lowest BCUT2D eigenvalue weighted by atomic mass is 9.98. The van der Waals surface area contributed by atoms with E-state index in [2.05, 4.69) is 4.98 Å². The first-order valence-electron chi connectivity index (χ1n) is 9.17. The Bertz CT molecular complexity index is 1130. The van der Waals surface area contributed by atoms with Crippen LogP contribution in [0, 0.1) is 0 Å². The Morgan fingerprint density at radius 3 is 2.59 bits per heavy atom. The summed E-state index contributed by atoms with van der Waals surface area (Å²) in [6.07, 6.45) is 1.15. The zero-order valence-electron chi connectivity index (χ0n) is 15.7. The second-order valence-corrected chi connectivity index (χ2v) is 8.80. The van der Waals surface area contributed by atoms with Crippen LogP contribution < -0.4 is 4.74 Å². The number of carbonyl (C=O) groups is 1. The van der Waals surface area contributed by atoms with Gasteiger partial charge >= 0.3 is 5.97 Å². The van der Waals surface area contributed by atoms with Crippen molar-refractivity contribution in [3.63, 3.8) is 0 Å². The predicted molar refractivity (Wildman–Crippen MR) is 105 cm³/mol. The lowest BCUT2D eigenvalue weighted by Crippen LogP contribution is -2.38. The molecule has 1 aliphatic rings. The van der Waals surface area contributed by atoms with Crippen molar-refractivity contribution in [1.29, 1.82) is 0 Å². The summed E-state index contributed by atoms with van der Waals surface area (Å²) in [5, 5.41) is 9.31. The van der Waals surface area contributed by atoms with Crippen molar-refractivity contribution in [3.05, 3.63) is 53.9 Å². The summed E-state index contributed by atoms with van der Waals surface area (Å²) < 4.78 is 38.2. The number of nitrogens with zero attached hydrogens (tertiary/aromatic N) is 2. The number of hydrogen-bond acceptors (Lipinski definition) is 6. The number of carboxylic acid groups (broad SMARTS) is 1. The second kappa shape index (κ2) is 7.49. The normalized spacial score (nSPS) is 16.2. The molecule has 1 aliphatic heterocycles. The molecule has 4 rings (SSSR count). The largest absolute Gasteiger partial charge is 0.496 e. The van der Waals surface area contributed by atoms with Crippen molar-refractivity contribution in [1.82, 2.24) is 9.29 Å². The number of oxazole rings is 1. The van der Waals surface area contributed by atoms with Crippen LogP contribution in [0.3, 0.4) is 0 Å². The molecule has 8 nitrogen and oxygen atoms in total. The molecular formula is C20H20N2O6S. The van der Waals surface area contributed by atoms with E-state index in [-0.39, 0.29) is 22.1 Å². The summed E-state index contributed by atoms with van der Waals surface area (Å²) >= 11 is 0. The number of para-hydroxylation sites is 2. The molecule has 1 saturated heterocycles. The second-order valence-electron chi connectivity index (χ2n) is 6.87. The van der Waals surface area contributed by atoms with Gasteiger partial charge in [0, 0.05) is 19.0 Å². The molecule has 0 unspecified atom stereocenters. The zero-order chi connectivity index (χ0) is 20.6. The minimum absolute atomic E-state index is 0.0410. The van der Waals surface area contributed by atoms with E-state index in [0.717, 1.165) is 17.2 Å². The molecule has 2 heterocycles. The van der Waals surface area contributed by atoms with Crippen molar-refractivity contribution < 1.29 is 27.5 Å². The quantitative estimate of drug-likeness (QED) is 0.680. The highest BCUT2D eigenvalue weighted by atomic mass is 32.2. The average molecular weight is 416 g/mol. The van der Waals surface area contributed by atoms with E-state index in [1.807, 2.05) is 24.3 Å². The molecule has 1 fully saturated rings. The molecule has 0 amide bonds. The number of aromatic nitrogens is 1. The molecule has 0 atom stereocenters. The van der Waals surface area contributed by atoms with E-state index < -0.39 is 16.0 Å².